The van der Waals surface area contributed by atoms with Crippen LogP contribution < -0.4 is 10.6 Å². The number of aromatic nitrogens is 2. The molecule has 0 aliphatic rings. The minimum absolute atomic E-state index is 0.0350. The van der Waals surface area contributed by atoms with Gasteiger partial charge in [0.25, 0.3) is 11.1 Å². The molecule has 0 aliphatic heterocycles. The van der Waals surface area contributed by atoms with E-state index < -0.39 is 21.7 Å². The first-order chi connectivity index (χ1) is 15.6. The third-order valence-electron chi connectivity index (χ3n) is 4.18. The van der Waals surface area contributed by atoms with Crippen LogP contribution in [0.25, 0.3) is 0 Å². The molecule has 0 bridgehead atoms. The molecule has 0 radical (unpaired) electrons. The van der Waals surface area contributed by atoms with Crippen molar-refractivity contribution in [2.45, 2.75) is 16.7 Å². The Balaban J connectivity index is 1.48. The van der Waals surface area contributed by atoms with Gasteiger partial charge in [0.15, 0.2) is 0 Å². The first-order valence-electron chi connectivity index (χ1n) is 9.46. The maximum absolute atomic E-state index is 13.2. The highest BCUT2D eigenvalue weighted by Gasteiger charge is 2.18. The Labute approximate surface area is 193 Å². The van der Waals surface area contributed by atoms with Crippen LogP contribution in [0.2, 0.25) is 0 Å². The van der Waals surface area contributed by atoms with E-state index in [1.54, 1.807) is 6.07 Å². The lowest BCUT2D eigenvalue weighted by molar-refractivity contribution is -0.113. The zero-order chi connectivity index (χ0) is 24.0. The van der Waals surface area contributed by atoms with Gasteiger partial charge in [0.05, 0.1) is 17.2 Å². The maximum Gasteiger partial charge on any atom is 0.277 e. The van der Waals surface area contributed by atoms with Crippen molar-refractivity contribution in [3.8, 4) is 0 Å². The number of carbonyl (C=O) groups is 2. The zero-order valence-electron chi connectivity index (χ0n) is 17.6. The molecule has 2 aromatic carbocycles. The maximum atomic E-state index is 13.2. The Morgan fingerprint density at radius 2 is 1.85 bits per heavy atom. The minimum atomic E-state index is -3.58. The lowest BCUT2D eigenvalue weighted by atomic mass is 10.2. The molecule has 13 heteroatoms. The Morgan fingerprint density at radius 1 is 1.12 bits per heavy atom. The van der Waals surface area contributed by atoms with E-state index in [1.165, 1.54) is 56.6 Å². The van der Waals surface area contributed by atoms with E-state index >= 15 is 0 Å². The number of benzene rings is 2. The number of amides is 2. The van der Waals surface area contributed by atoms with Crippen LogP contribution in [0.15, 0.2) is 63.1 Å². The minimum Gasteiger partial charge on any atom is -0.414 e. The zero-order valence-corrected chi connectivity index (χ0v) is 19.2. The number of nitrogens with one attached hydrogen (secondary N) is 2. The van der Waals surface area contributed by atoms with Crippen molar-refractivity contribution in [3.63, 3.8) is 0 Å². The van der Waals surface area contributed by atoms with Crippen molar-refractivity contribution in [2.24, 2.45) is 0 Å². The predicted octanol–water partition coefficient (Wildman–Crippen LogP) is 2.12. The summed E-state index contributed by atoms with van der Waals surface area (Å²) in [7, 11) is -0.742. The molecule has 1 heterocycles. The molecular weight excluding hydrogens is 473 g/mol. The van der Waals surface area contributed by atoms with Crippen molar-refractivity contribution >= 4 is 39.3 Å². The SMILES string of the molecule is CN(C)S(=O)(=O)c1ccc(C(=O)NCc2nnc(SCC(=O)Nc3cccc(F)c3)o2)cc1. The smallest absolute Gasteiger partial charge is 0.277 e. The number of carbonyl (C=O) groups excluding carboxylic acids is 2. The van der Waals surface area contributed by atoms with E-state index in [1.807, 2.05) is 0 Å². The van der Waals surface area contributed by atoms with Gasteiger partial charge in [-0.3, -0.25) is 9.59 Å². The standard InChI is InChI=1S/C20H20FN5O5S2/c1-26(2)33(29,30)16-8-6-13(7-9-16)19(28)22-11-18-24-25-20(31-18)32-12-17(27)23-15-5-3-4-14(21)10-15/h3-10H,11-12H2,1-2H3,(H,22,28)(H,23,27). The molecule has 0 spiro atoms. The van der Waals surface area contributed by atoms with Crippen molar-refractivity contribution in [3.05, 3.63) is 65.8 Å². The molecule has 0 atom stereocenters. The van der Waals surface area contributed by atoms with Gasteiger partial charge < -0.3 is 15.1 Å². The summed E-state index contributed by atoms with van der Waals surface area (Å²) in [6.07, 6.45) is 0. The third-order valence-corrected chi connectivity index (χ3v) is 6.83. The van der Waals surface area contributed by atoms with Gasteiger partial charge in [-0.15, -0.1) is 10.2 Å². The Hall–Kier alpha value is -3.29. The highest BCUT2D eigenvalue weighted by Crippen LogP contribution is 2.18. The highest BCUT2D eigenvalue weighted by molar-refractivity contribution is 7.99. The van der Waals surface area contributed by atoms with Gasteiger partial charge in [0.2, 0.25) is 21.8 Å². The fourth-order valence-corrected chi connectivity index (χ4v) is 3.99. The van der Waals surface area contributed by atoms with Crippen LogP contribution in [-0.4, -0.2) is 54.6 Å². The van der Waals surface area contributed by atoms with E-state index in [0.29, 0.717) is 5.69 Å². The number of thioether (sulfide) groups is 1. The van der Waals surface area contributed by atoms with E-state index in [4.69, 9.17) is 4.42 Å². The van der Waals surface area contributed by atoms with Gasteiger partial charge in [-0.1, -0.05) is 17.8 Å². The Morgan fingerprint density at radius 3 is 2.52 bits per heavy atom. The largest absolute Gasteiger partial charge is 0.414 e. The second-order valence-corrected chi connectivity index (χ2v) is 9.88. The van der Waals surface area contributed by atoms with E-state index in [2.05, 4.69) is 20.8 Å². The van der Waals surface area contributed by atoms with Crippen LogP contribution >= 0.6 is 11.8 Å². The van der Waals surface area contributed by atoms with Gasteiger partial charge in [0, 0.05) is 25.3 Å². The fraction of sp³-hybridized carbons (Fsp3) is 0.200. The molecule has 1 aromatic heterocycles. The molecule has 0 fully saturated rings. The summed E-state index contributed by atoms with van der Waals surface area (Å²) < 4.78 is 43.8. The normalized spacial score (nSPS) is 11.4. The quantitative estimate of drug-likeness (QED) is 0.433. The van der Waals surface area contributed by atoms with Crippen LogP contribution in [-0.2, 0) is 21.4 Å². The molecule has 2 N–H and O–H groups in total. The average Bonchev–Trinajstić information content (AvgIpc) is 3.24. The molecule has 0 saturated heterocycles. The molecule has 10 nitrogen and oxygen atoms in total. The average molecular weight is 494 g/mol. The van der Waals surface area contributed by atoms with Crippen molar-refractivity contribution in [1.82, 2.24) is 19.8 Å². The van der Waals surface area contributed by atoms with Gasteiger partial charge in [-0.2, -0.15) is 0 Å². The van der Waals surface area contributed by atoms with Crippen LogP contribution in [0.5, 0.6) is 0 Å². The predicted molar refractivity (Wildman–Crippen MR) is 119 cm³/mol. The number of sulfonamides is 1. The second kappa shape index (κ2) is 10.6. The lowest BCUT2D eigenvalue weighted by Gasteiger charge is -2.11. The number of nitrogens with zero attached hydrogens (tertiary/aromatic N) is 3. The topological polar surface area (TPSA) is 134 Å². The second-order valence-electron chi connectivity index (χ2n) is 6.80. The summed E-state index contributed by atoms with van der Waals surface area (Å²) in [6, 6.07) is 11.0. The van der Waals surface area contributed by atoms with Crippen LogP contribution in [0.4, 0.5) is 10.1 Å². The van der Waals surface area contributed by atoms with Crippen LogP contribution in [0.3, 0.4) is 0 Å². The third kappa shape index (κ3) is 6.60. The van der Waals surface area contributed by atoms with Crippen molar-refractivity contribution < 1.29 is 26.8 Å². The molecule has 3 aromatic rings. The van der Waals surface area contributed by atoms with Gasteiger partial charge in [0.1, 0.15) is 5.82 Å². The number of rotatable bonds is 9. The van der Waals surface area contributed by atoms with Gasteiger partial charge in [-0.05, 0) is 42.5 Å². The first kappa shape index (κ1) is 24.4. The summed E-state index contributed by atoms with van der Waals surface area (Å²) in [6.45, 7) is -0.0559. The molecule has 2 amide bonds. The lowest BCUT2D eigenvalue weighted by Crippen LogP contribution is -2.24. The Kier molecular flexibility index (Phi) is 7.79. The molecule has 0 unspecified atom stereocenters. The molecule has 174 valence electrons. The monoisotopic (exact) mass is 493 g/mol. The summed E-state index contributed by atoms with van der Waals surface area (Å²) in [5, 5.41) is 12.9. The fourth-order valence-electron chi connectivity index (χ4n) is 2.51. The van der Waals surface area contributed by atoms with E-state index in [0.717, 1.165) is 16.1 Å². The number of hydrogen-bond acceptors (Lipinski definition) is 8. The molecule has 33 heavy (non-hydrogen) atoms. The van der Waals surface area contributed by atoms with Gasteiger partial charge >= 0.3 is 0 Å². The van der Waals surface area contributed by atoms with E-state index in [9.17, 15) is 22.4 Å². The van der Waals surface area contributed by atoms with Crippen molar-refractivity contribution in [1.29, 1.82) is 0 Å². The molecule has 0 aliphatic carbocycles. The molecular formula is C20H20FN5O5S2. The molecule has 0 saturated carbocycles. The van der Waals surface area contributed by atoms with Crippen LogP contribution in [0.1, 0.15) is 16.2 Å². The summed E-state index contributed by atoms with van der Waals surface area (Å²) >= 11 is 0.990. The first-order valence-corrected chi connectivity index (χ1v) is 11.9. The molecule has 3 rings (SSSR count). The number of anilines is 1. The highest BCUT2D eigenvalue weighted by atomic mass is 32.2. The summed E-state index contributed by atoms with van der Waals surface area (Å²) in [5.74, 6) is -1.20. The Bertz CT molecular complexity index is 1250. The summed E-state index contributed by atoms with van der Waals surface area (Å²) in [5.41, 5.74) is 0.595. The van der Waals surface area contributed by atoms with Gasteiger partial charge in [-0.25, -0.2) is 17.1 Å². The van der Waals surface area contributed by atoms with Crippen molar-refractivity contribution in [2.75, 3.05) is 25.2 Å². The van der Waals surface area contributed by atoms with Crippen LogP contribution in [0, 0.1) is 5.82 Å². The summed E-state index contributed by atoms with van der Waals surface area (Å²) in [4.78, 5) is 24.3. The van der Waals surface area contributed by atoms with E-state index in [-0.39, 0.29) is 39.8 Å². The number of halogens is 1. The number of hydrogen-bond donors (Lipinski definition) is 2.